The molecule has 2 nitrogen and oxygen atoms in total. The fraction of sp³-hybridized carbons (Fsp3) is 0.143. The van der Waals surface area contributed by atoms with Crippen molar-refractivity contribution in [2.24, 2.45) is 0 Å². The van der Waals surface area contributed by atoms with E-state index in [2.05, 4.69) is 0 Å². The highest BCUT2D eigenvalue weighted by Gasteiger charge is 1.96. The van der Waals surface area contributed by atoms with E-state index in [1.54, 1.807) is 24.3 Å². The molecule has 1 aromatic rings. The number of hydrogen-bond acceptors (Lipinski definition) is 2. The van der Waals surface area contributed by atoms with Gasteiger partial charge in [-0.25, -0.2) is 0 Å². The molecule has 0 bridgehead atoms. The van der Waals surface area contributed by atoms with E-state index >= 15 is 0 Å². The molecule has 0 aromatic heterocycles. The van der Waals surface area contributed by atoms with E-state index in [9.17, 15) is 0 Å². The van der Waals surface area contributed by atoms with Gasteiger partial charge in [-0.1, -0.05) is 23.7 Å². The largest absolute Gasteiger partial charge is 0.504 e. The maximum absolute atomic E-state index is 9.06. The monoisotopic (exact) mass is 158 g/mol. The van der Waals surface area contributed by atoms with Gasteiger partial charge in [-0.15, -0.1) is 0 Å². The summed E-state index contributed by atoms with van der Waals surface area (Å²) in [6.45, 7) is 0. The van der Waals surface area contributed by atoms with Crippen molar-refractivity contribution in [1.29, 1.82) is 0 Å². The van der Waals surface area contributed by atoms with Gasteiger partial charge in [0.05, 0.1) is 0 Å². The molecular weight excluding hydrogens is 152 g/mol. The molecule has 1 rings (SSSR count). The molecule has 0 aliphatic rings. The molecule has 1 N–H and O–H groups in total. The summed E-state index contributed by atoms with van der Waals surface area (Å²) in [5.74, 6) is 0.528. The molecular formula is C7H7ClO2. The molecule has 0 unspecified atom stereocenters. The van der Waals surface area contributed by atoms with Gasteiger partial charge in [0.25, 0.3) is 0 Å². The first-order chi connectivity index (χ1) is 4.84. The lowest BCUT2D eigenvalue weighted by molar-refractivity contribution is 0.355. The summed E-state index contributed by atoms with van der Waals surface area (Å²) in [4.78, 5) is 0. The van der Waals surface area contributed by atoms with Crippen LogP contribution >= 0.6 is 11.6 Å². The van der Waals surface area contributed by atoms with Crippen LogP contribution in [0, 0.1) is 0 Å². The molecule has 0 saturated carbocycles. The second kappa shape index (κ2) is 3.32. The van der Waals surface area contributed by atoms with Crippen LogP contribution in [0.25, 0.3) is 0 Å². The number of aromatic hydroxyl groups is 1. The van der Waals surface area contributed by atoms with Gasteiger partial charge in [-0.2, -0.15) is 0 Å². The molecule has 0 aliphatic heterocycles. The zero-order chi connectivity index (χ0) is 7.40. The van der Waals surface area contributed by atoms with E-state index in [4.69, 9.17) is 21.4 Å². The van der Waals surface area contributed by atoms with Crippen LogP contribution < -0.4 is 4.74 Å². The summed E-state index contributed by atoms with van der Waals surface area (Å²) < 4.78 is 4.85. The highest BCUT2D eigenvalue weighted by atomic mass is 35.5. The SMILES string of the molecule is Oc1ccccc1OCCl. The lowest BCUT2D eigenvalue weighted by Crippen LogP contribution is -1.87. The summed E-state index contributed by atoms with van der Waals surface area (Å²) in [7, 11) is 0. The maximum Gasteiger partial charge on any atom is 0.162 e. The van der Waals surface area contributed by atoms with Crippen LogP contribution in [0.3, 0.4) is 0 Å². The van der Waals surface area contributed by atoms with E-state index in [1.165, 1.54) is 0 Å². The number of para-hydroxylation sites is 2. The molecule has 0 spiro atoms. The first-order valence-corrected chi connectivity index (χ1v) is 3.35. The number of benzene rings is 1. The van der Waals surface area contributed by atoms with Gasteiger partial charge in [0.15, 0.2) is 17.6 Å². The smallest absolute Gasteiger partial charge is 0.162 e. The second-order valence-electron chi connectivity index (χ2n) is 1.72. The highest BCUT2D eigenvalue weighted by Crippen LogP contribution is 2.24. The number of halogens is 1. The van der Waals surface area contributed by atoms with Gasteiger partial charge >= 0.3 is 0 Å². The van der Waals surface area contributed by atoms with Crippen molar-refractivity contribution in [3.05, 3.63) is 24.3 Å². The van der Waals surface area contributed by atoms with Crippen LogP contribution in [-0.4, -0.2) is 11.2 Å². The van der Waals surface area contributed by atoms with Gasteiger partial charge in [-0.3, -0.25) is 0 Å². The number of hydrogen-bond donors (Lipinski definition) is 1. The Kier molecular flexibility index (Phi) is 2.40. The van der Waals surface area contributed by atoms with Gasteiger partial charge in [0, 0.05) is 0 Å². The van der Waals surface area contributed by atoms with E-state index in [0.29, 0.717) is 5.75 Å². The zero-order valence-electron chi connectivity index (χ0n) is 5.25. The van der Waals surface area contributed by atoms with Crippen LogP contribution in [0.5, 0.6) is 11.5 Å². The average molecular weight is 159 g/mol. The minimum Gasteiger partial charge on any atom is -0.504 e. The Morgan fingerprint density at radius 2 is 2.10 bits per heavy atom. The molecule has 3 heteroatoms. The predicted octanol–water partition coefficient (Wildman–Crippen LogP) is 1.97. The van der Waals surface area contributed by atoms with Crippen LogP contribution in [0.4, 0.5) is 0 Å². The van der Waals surface area contributed by atoms with Gasteiger partial charge in [-0.05, 0) is 12.1 Å². The first kappa shape index (κ1) is 7.22. The summed E-state index contributed by atoms with van der Waals surface area (Å²) in [5.41, 5.74) is 0. The number of alkyl halides is 1. The van der Waals surface area contributed by atoms with Crippen molar-refractivity contribution in [2.45, 2.75) is 0 Å². The van der Waals surface area contributed by atoms with Crippen molar-refractivity contribution in [2.75, 3.05) is 6.07 Å². The number of phenols is 1. The lowest BCUT2D eigenvalue weighted by atomic mass is 10.3. The van der Waals surface area contributed by atoms with Crippen molar-refractivity contribution in [3.8, 4) is 11.5 Å². The van der Waals surface area contributed by atoms with Crippen LogP contribution in [0.2, 0.25) is 0 Å². The summed E-state index contributed by atoms with van der Waals surface area (Å²) in [5, 5.41) is 9.06. The van der Waals surface area contributed by atoms with Crippen LogP contribution in [0.1, 0.15) is 0 Å². The molecule has 0 amide bonds. The topological polar surface area (TPSA) is 29.5 Å². The normalized spacial score (nSPS) is 9.30. The summed E-state index contributed by atoms with van der Waals surface area (Å²) in [6, 6.07) is 6.73. The van der Waals surface area contributed by atoms with Crippen LogP contribution in [0.15, 0.2) is 24.3 Å². The highest BCUT2D eigenvalue weighted by molar-refractivity contribution is 6.17. The van der Waals surface area contributed by atoms with Crippen molar-refractivity contribution in [1.82, 2.24) is 0 Å². The molecule has 10 heavy (non-hydrogen) atoms. The van der Waals surface area contributed by atoms with Gasteiger partial charge < -0.3 is 9.84 Å². The standard InChI is InChI=1S/C7H7ClO2/c8-5-10-7-4-2-1-3-6(7)9/h1-4,9H,5H2. The number of rotatable bonds is 2. The van der Waals surface area contributed by atoms with E-state index in [-0.39, 0.29) is 11.8 Å². The third-order valence-electron chi connectivity index (χ3n) is 1.08. The summed E-state index contributed by atoms with van der Waals surface area (Å²) in [6.07, 6.45) is 0. The molecule has 0 aliphatic carbocycles. The first-order valence-electron chi connectivity index (χ1n) is 2.81. The third kappa shape index (κ3) is 1.54. The molecule has 0 atom stereocenters. The van der Waals surface area contributed by atoms with Crippen molar-refractivity contribution >= 4 is 11.6 Å². The van der Waals surface area contributed by atoms with Gasteiger partial charge in [0.1, 0.15) is 0 Å². The van der Waals surface area contributed by atoms with Crippen LogP contribution in [-0.2, 0) is 0 Å². The minimum atomic E-state index is 0.0531. The molecule has 1 aromatic carbocycles. The van der Waals surface area contributed by atoms with Crippen molar-refractivity contribution in [3.63, 3.8) is 0 Å². The van der Waals surface area contributed by atoms with E-state index in [0.717, 1.165) is 0 Å². The molecule has 0 fully saturated rings. The number of phenolic OH excluding ortho intramolecular Hbond substituents is 1. The Labute approximate surface area is 64.0 Å². The van der Waals surface area contributed by atoms with Crippen molar-refractivity contribution < 1.29 is 9.84 Å². The Morgan fingerprint density at radius 3 is 2.70 bits per heavy atom. The molecule has 0 radical (unpaired) electrons. The molecule has 54 valence electrons. The lowest BCUT2D eigenvalue weighted by Gasteiger charge is -2.01. The second-order valence-corrected chi connectivity index (χ2v) is 1.94. The number of ether oxygens (including phenoxy) is 1. The third-order valence-corrected chi connectivity index (χ3v) is 1.18. The fourth-order valence-corrected chi connectivity index (χ4v) is 0.756. The quantitative estimate of drug-likeness (QED) is 0.667. The Bertz CT molecular complexity index is 213. The minimum absolute atomic E-state index is 0.0531. The molecule has 0 heterocycles. The Morgan fingerprint density at radius 1 is 1.40 bits per heavy atom. The Balaban J connectivity index is 2.81. The van der Waals surface area contributed by atoms with E-state index in [1.807, 2.05) is 0 Å². The van der Waals surface area contributed by atoms with E-state index < -0.39 is 0 Å². The predicted molar refractivity (Wildman–Crippen MR) is 39.5 cm³/mol. The molecule has 0 saturated heterocycles. The summed E-state index contributed by atoms with van der Waals surface area (Å²) >= 11 is 5.27. The fourth-order valence-electron chi connectivity index (χ4n) is 0.638. The van der Waals surface area contributed by atoms with Gasteiger partial charge in [0.2, 0.25) is 0 Å². The zero-order valence-corrected chi connectivity index (χ0v) is 6.01. The Hall–Kier alpha value is -0.890. The average Bonchev–Trinajstić information content (AvgIpc) is 1.94. The maximum atomic E-state index is 9.06.